The molecule has 1 aliphatic heterocycles. The molecule has 1 fully saturated rings. The van der Waals surface area contributed by atoms with Gasteiger partial charge in [-0.25, -0.2) is 0 Å². The van der Waals surface area contributed by atoms with Crippen LogP contribution in [0.2, 0.25) is 0 Å². The van der Waals surface area contributed by atoms with Gasteiger partial charge in [-0.3, -0.25) is 0 Å². The molecular formula is C20H19LiN2O. The second kappa shape index (κ2) is 7.85. The summed E-state index contributed by atoms with van der Waals surface area (Å²) >= 11 is 0. The van der Waals surface area contributed by atoms with Crippen LogP contribution in [0, 0.1) is 6.33 Å². The molecule has 1 aromatic heterocycles. The molecule has 1 atom stereocenters. The van der Waals surface area contributed by atoms with Gasteiger partial charge in [0.1, 0.15) is 6.23 Å². The Bertz CT molecular complexity index is 765. The van der Waals surface area contributed by atoms with E-state index in [9.17, 15) is 0 Å². The van der Waals surface area contributed by atoms with E-state index < -0.39 is 0 Å². The van der Waals surface area contributed by atoms with Gasteiger partial charge < -0.3 is 14.3 Å². The topological polar surface area (TPSA) is 27.1 Å². The van der Waals surface area contributed by atoms with Gasteiger partial charge in [0.2, 0.25) is 0 Å². The fourth-order valence-corrected chi connectivity index (χ4v) is 3.13. The van der Waals surface area contributed by atoms with Gasteiger partial charge in [0.25, 0.3) is 0 Å². The summed E-state index contributed by atoms with van der Waals surface area (Å²) < 4.78 is 8.05. The van der Waals surface area contributed by atoms with Gasteiger partial charge in [-0.15, -0.1) is 0 Å². The molecule has 3 aromatic rings. The molecule has 4 heteroatoms. The maximum Gasteiger partial charge on any atom is 1.00 e. The fraction of sp³-hybridized carbons (Fsp3) is 0.250. The Kier molecular flexibility index (Phi) is 5.58. The van der Waals surface area contributed by atoms with Crippen LogP contribution < -0.4 is 18.9 Å². The van der Waals surface area contributed by atoms with Crippen molar-refractivity contribution in [3.8, 4) is 22.5 Å². The summed E-state index contributed by atoms with van der Waals surface area (Å²) in [5.41, 5.74) is 4.31. The fourth-order valence-electron chi connectivity index (χ4n) is 3.13. The van der Waals surface area contributed by atoms with Crippen molar-refractivity contribution in [3.63, 3.8) is 0 Å². The summed E-state index contributed by atoms with van der Waals surface area (Å²) in [5, 5.41) is 0. The largest absolute Gasteiger partial charge is 1.00 e. The third-order valence-corrected chi connectivity index (χ3v) is 4.27. The summed E-state index contributed by atoms with van der Waals surface area (Å²) in [6, 6.07) is 20.7. The molecule has 4 rings (SSSR count). The molecule has 3 nitrogen and oxygen atoms in total. The van der Waals surface area contributed by atoms with Crippen molar-refractivity contribution in [1.82, 2.24) is 9.55 Å². The summed E-state index contributed by atoms with van der Waals surface area (Å²) in [6.45, 7) is 0.811. The number of benzene rings is 2. The quantitative estimate of drug-likeness (QED) is 0.544. The van der Waals surface area contributed by atoms with Crippen LogP contribution in [0.5, 0.6) is 0 Å². The zero-order valence-electron chi connectivity index (χ0n) is 14.0. The average molecular weight is 310 g/mol. The zero-order valence-corrected chi connectivity index (χ0v) is 14.0. The molecule has 2 aromatic carbocycles. The Balaban J connectivity index is 0.00000169. The van der Waals surface area contributed by atoms with Crippen molar-refractivity contribution in [3.05, 3.63) is 67.0 Å². The van der Waals surface area contributed by atoms with Crippen LogP contribution in [-0.4, -0.2) is 16.2 Å². The number of ether oxygens (including phenoxy) is 1. The average Bonchev–Trinajstić information content (AvgIpc) is 3.09. The number of aromatic nitrogens is 2. The van der Waals surface area contributed by atoms with E-state index in [0.717, 1.165) is 42.0 Å². The van der Waals surface area contributed by atoms with E-state index in [-0.39, 0.29) is 25.1 Å². The van der Waals surface area contributed by atoms with Crippen molar-refractivity contribution < 1.29 is 23.6 Å². The van der Waals surface area contributed by atoms with Gasteiger partial charge in [0.05, 0.1) is 0 Å². The van der Waals surface area contributed by atoms with Crippen molar-refractivity contribution in [2.45, 2.75) is 25.5 Å². The second-order valence-electron chi connectivity index (χ2n) is 5.83. The maximum absolute atomic E-state index is 5.97. The van der Waals surface area contributed by atoms with E-state index >= 15 is 0 Å². The maximum atomic E-state index is 5.97. The normalized spacial score (nSPS) is 17.2. The van der Waals surface area contributed by atoms with Gasteiger partial charge in [-0.05, 0) is 19.3 Å². The molecule has 0 radical (unpaired) electrons. The van der Waals surface area contributed by atoms with E-state index in [1.807, 2.05) is 24.3 Å². The Morgan fingerprint density at radius 2 is 1.58 bits per heavy atom. The van der Waals surface area contributed by atoms with Gasteiger partial charge in [-0.2, -0.15) is 0 Å². The third kappa shape index (κ3) is 3.35. The van der Waals surface area contributed by atoms with Crippen molar-refractivity contribution in [2.75, 3.05) is 6.61 Å². The van der Waals surface area contributed by atoms with Crippen molar-refractivity contribution >= 4 is 0 Å². The summed E-state index contributed by atoms with van der Waals surface area (Å²) in [5.74, 6) is 0. The first-order valence-electron chi connectivity index (χ1n) is 8.16. The summed E-state index contributed by atoms with van der Waals surface area (Å²) in [4.78, 5) is 4.60. The first-order chi connectivity index (χ1) is 11.4. The van der Waals surface area contributed by atoms with Crippen LogP contribution in [-0.2, 0) is 4.74 Å². The Morgan fingerprint density at radius 1 is 0.917 bits per heavy atom. The van der Waals surface area contributed by atoms with Crippen LogP contribution in [0.3, 0.4) is 0 Å². The van der Waals surface area contributed by atoms with E-state index in [1.165, 1.54) is 6.42 Å². The second-order valence-corrected chi connectivity index (χ2v) is 5.83. The zero-order chi connectivity index (χ0) is 15.5. The first kappa shape index (κ1) is 17.0. The standard InChI is InChI=1S/C20H19N2O.Li/c1-3-9-16(10-4-1)19-20(17-11-5-2-6-12-17)22(15-21-19)18-13-7-8-14-23-18;/h1-6,9-12,18H,7-8,13-14H2;/q-1;+1. The van der Waals surface area contributed by atoms with E-state index in [1.54, 1.807) is 0 Å². The molecule has 24 heavy (non-hydrogen) atoms. The van der Waals surface area contributed by atoms with Crippen molar-refractivity contribution in [1.29, 1.82) is 0 Å². The van der Waals surface area contributed by atoms with Crippen LogP contribution in [0.4, 0.5) is 0 Å². The van der Waals surface area contributed by atoms with E-state index in [4.69, 9.17) is 4.74 Å². The molecule has 0 N–H and O–H groups in total. The molecule has 116 valence electrons. The number of hydrogen-bond donors (Lipinski definition) is 0. The molecule has 2 heterocycles. The smallest absolute Gasteiger partial charge is 0.423 e. The van der Waals surface area contributed by atoms with Gasteiger partial charge in [0.15, 0.2) is 0 Å². The van der Waals surface area contributed by atoms with Gasteiger partial charge in [-0.1, -0.05) is 83.2 Å². The molecular weight excluding hydrogens is 291 g/mol. The summed E-state index contributed by atoms with van der Waals surface area (Å²) in [6.07, 6.45) is 6.55. The molecule has 0 saturated carbocycles. The summed E-state index contributed by atoms with van der Waals surface area (Å²) in [7, 11) is 0. The molecule has 1 unspecified atom stereocenters. The number of rotatable bonds is 3. The van der Waals surface area contributed by atoms with E-state index in [0.29, 0.717) is 0 Å². The molecule has 1 aliphatic rings. The van der Waals surface area contributed by atoms with Crippen LogP contribution in [0.25, 0.3) is 22.5 Å². The number of hydrogen-bond acceptors (Lipinski definition) is 2. The Morgan fingerprint density at radius 3 is 2.21 bits per heavy atom. The first-order valence-corrected chi connectivity index (χ1v) is 8.16. The monoisotopic (exact) mass is 310 g/mol. The molecule has 0 spiro atoms. The third-order valence-electron chi connectivity index (χ3n) is 4.27. The van der Waals surface area contributed by atoms with E-state index in [2.05, 4.69) is 52.3 Å². The molecule has 0 aliphatic carbocycles. The predicted molar refractivity (Wildman–Crippen MR) is 90.8 cm³/mol. The van der Waals surface area contributed by atoms with Gasteiger partial charge in [0, 0.05) is 12.9 Å². The number of nitrogens with zero attached hydrogens (tertiary/aromatic N) is 2. The SMILES string of the molecule is [Li+].[c-]1nc(-c2ccccc2)c(-c2ccccc2)n1C1CCCCO1. The Labute approximate surface area is 154 Å². The minimum absolute atomic E-state index is 0. The molecule has 0 amide bonds. The minimum atomic E-state index is 0. The van der Waals surface area contributed by atoms with Crippen LogP contribution in [0.1, 0.15) is 25.5 Å². The van der Waals surface area contributed by atoms with Gasteiger partial charge >= 0.3 is 18.9 Å². The Hall–Kier alpha value is -1.79. The van der Waals surface area contributed by atoms with Crippen LogP contribution in [0.15, 0.2) is 60.7 Å². The predicted octanol–water partition coefficient (Wildman–Crippen LogP) is 1.72. The van der Waals surface area contributed by atoms with Crippen molar-refractivity contribution in [2.24, 2.45) is 0 Å². The molecule has 1 saturated heterocycles. The minimum Gasteiger partial charge on any atom is -0.423 e. The molecule has 0 bridgehead atoms. The van der Waals surface area contributed by atoms with Crippen LogP contribution >= 0.6 is 0 Å². The number of imidazole rings is 1.